The molecule has 0 fully saturated rings. The second kappa shape index (κ2) is 18.0. The van der Waals surface area contributed by atoms with Gasteiger partial charge in [0, 0.05) is 0 Å². The zero-order chi connectivity index (χ0) is 32.6. The van der Waals surface area contributed by atoms with E-state index in [9.17, 15) is 0 Å². The molecule has 0 aliphatic rings. The Kier molecular flexibility index (Phi) is 12.5. The van der Waals surface area contributed by atoms with E-state index in [4.69, 9.17) is 0 Å². The zero-order valence-electron chi connectivity index (χ0n) is 28.2. The van der Waals surface area contributed by atoms with Crippen LogP contribution < -0.4 is 0 Å². The molecule has 6 rings (SSSR count). The highest BCUT2D eigenvalue weighted by molar-refractivity contribution is 5.26. The molecule has 0 amide bonds. The van der Waals surface area contributed by atoms with E-state index in [0.717, 1.165) is 44.9 Å². The molecule has 6 aromatic rings. The van der Waals surface area contributed by atoms with Crippen molar-refractivity contribution in [2.24, 2.45) is 17.8 Å². The maximum Gasteiger partial charge on any atom is -0.0238 e. The summed E-state index contributed by atoms with van der Waals surface area (Å²) in [6.07, 6.45) is 11.3. The minimum absolute atomic E-state index is 0.446. The second-order valence-corrected chi connectivity index (χ2v) is 13.4. The molecule has 0 saturated heterocycles. The van der Waals surface area contributed by atoms with Crippen molar-refractivity contribution >= 4 is 0 Å². The SMILES string of the molecule is [CH](Cc1ccccc1)C(Cc1ccccc1)C(Cc1ccccc1)C(CCc1ccc(CCc2ccccc2)cc1)Cc1ccccc1. The van der Waals surface area contributed by atoms with Crippen LogP contribution in [0.1, 0.15) is 45.4 Å². The molecule has 48 heavy (non-hydrogen) atoms. The van der Waals surface area contributed by atoms with Gasteiger partial charge in [-0.1, -0.05) is 176 Å². The van der Waals surface area contributed by atoms with Crippen LogP contribution in [-0.4, -0.2) is 0 Å². The van der Waals surface area contributed by atoms with E-state index in [1.165, 1.54) is 45.4 Å². The molecule has 0 nitrogen and oxygen atoms in total. The number of rotatable bonds is 17. The maximum atomic E-state index is 2.65. The van der Waals surface area contributed by atoms with Crippen molar-refractivity contribution in [3.05, 3.63) is 221 Å². The maximum absolute atomic E-state index is 2.65. The molecular weight excluding hydrogens is 577 g/mol. The molecular formula is C48H49. The molecule has 0 heteroatoms. The van der Waals surface area contributed by atoms with Crippen molar-refractivity contribution < 1.29 is 0 Å². The van der Waals surface area contributed by atoms with E-state index >= 15 is 0 Å². The summed E-state index contributed by atoms with van der Waals surface area (Å²) >= 11 is 0. The number of hydrogen-bond donors (Lipinski definition) is 0. The summed E-state index contributed by atoms with van der Waals surface area (Å²) in [5.74, 6) is 1.48. The lowest BCUT2D eigenvalue weighted by molar-refractivity contribution is 0.228. The third kappa shape index (κ3) is 10.4. The Hall–Kier alpha value is -4.68. The van der Waals surface area contributed by atoms with E-state index in [2.05, 4.69) is 182 Å². The minimum atomic E-state index is 0.446. The Bertz CT molecular complexity index is 1710. The van der Waals surface area contributed by atoms with Gasteiger partial charge in [-0.25, -0.2) is 0 Å². The van der Waals surface area contributed by atoms with E-state index in [1.54, 1.807) is 0 Å². The quantitative estimate of drug-likeness (QED) is 0.0946. The van der Waals surface area contributed by atoms with Crippen LogP contribution in [0.2, 0.25) is 0 Å². The molecule has 3 atom stereocenters. The van der Waals surface area contributed by atoms with Gasteiger partial charge in [0.25, 0.3) is 0 Å². The molecule has 0 aliphatic carbocycles. The fraction of sp³-hybridized carbons (Fsp3) is 0.229. The van der Waals surface area contributed by atoms with Gasteiger partial charge in [0.05, 0.1) is 0 Å². The summed E-state index contributed by atoms with van der Waals surface area (Å²) in [5.41, 5.74) is 9.97. The monoisotopic (exact) mass is 625 g/mol. The summed E-state index contributed by atoms with van der Waals surface area (Å²) in [7, 11) is 0. The average Bonchev–Trinajstić information content (AvgIpc) is 3.16. The first-order valence-electron chi connectivity index (χ1n) is 17.9. The number of aryl methyl sites for hydroxylation is 3. The summed E-state index contributed by atoms with van der Waals surface area (Å²) in [6.45, 7) is 0. The standard InChI is InChI=1S/C48H49/c1-6-16-39(17-7-1)26-27-41-28-30-42(31-29-41)33-35-47(37-44-22-12-4-13-23-44)48(38-45-24-14-5-15-25-45)46(36-43-20-10-3-11-21-43)34-32-40-18-8-2-9-19-40/h1-25,28-31,34,46-48H,26-27,32-33,35-38H2. The molecule has 0 aromatic heterocycles. The smallest absolute Gasteiger partial charge is 0.0238 e. The van der Waals surface area contributed by atoms with Gasteiger partial charge in [-0.05, 0) is 114 Å². The summed E-state index contributed by atoms with van der Waals surface area (Å²) in [4.78, 5) is 0. The third-order valence-electron chi connectivity index (χ3n) is 10.00. The van der Waals surface area contributed by atoms with Gasteiger partial charge >= 0.3 is 0 Å². The van der Waals surface area contributed by atoms with Crippen LogP contribution in [0.5, 0.6) is 0 Å². The predicted molar refractivity (Wildman–Crippen MR) is 204 cm³/mol. The van der Waals surface area contributed by atoms with E-state index < -0.39 is 0 Å². The van der Waals surface area contributed by atoms with Gasteiger partial charge in [0.1, 0.15) is 0 Å². The van der Waals surface area contributed by atoms with Crippen molar-refractivity contribution in [3.8, 4) is 0 Å². The first-order valence-corrected chi connectivity index (χ1v) is 17.9. The van der Waals surface area contributed by atoms with Gasteiger partial charge in [0.15, 0.2) is 0 Å². The number of benzene rings is 6. The molecule has 0 heterocycles. The molecule has 6 aromatic carbocycles. The van der Waals surface area contributed by atoms with Crippen molar-refractivity contribution in [1.82, 2.24) is 0 Å². The normalized spacial score (nSPS) is 13.1. The van der Waals surface area contributed by atoms with Crippen LogP contribution >= 0.6 is 0 Å². The molecule has 241 valence electrons. The molecule has 0 bridgehead atoms. The van der Waals surface area contributed by atoms with Crippen LogP contribution in [0.15, 0.2) is 176 Å². The molecule has 1 radical (unpaired) electrons. The molecule has 0 saturated carbocycles. The first kappa shape index (κ1) is 33.2. The largest absolute Gasteiger partial charge is 0.0622 e. The highest BCUT2D eigenvalue weighted by Crippen LogP contribution is 2.36. The fourth-order valence-electron chi connectivity index (χ4n) is 7.29. The average molecular weight is 626 g/mol. The van der Waals surface area contributed by atoms with Crippen LogP contribution in [0.4, 0.5) is 0 Å². The Morgan fingerprint density at radius 3 is 1.21 bits per heavy atom. The molecule has 0 N–H and O–H groups in total. The van der Waals surface area contributed by atoms with E-state index in [-0.39, 0.29) is 0 Å². The van der Waals surface area contributed by atoms with Crippen molar-refractivity contribution in [2.75, 3.05) is 0 Å². The van der Waals surface area contributed by atoms with Crippen LogP contribution in [0.25, 0.3) is 0 Å². The number of hydrogen-bond acceptors (Lipinski definition) is 0. The molecule has 0 aliphatic heterocycles. The Morgan fingerprint density at radius 1 is 0.333 bits per heavy atom. The minimum Gasteiger partial charge on any atom is -0.0622 e. The summed E-state index contributed by atoms with van der Waals surface area (Å²) in [5, 5.41) is 0. The van der Waals surface area contributed by atoms with Crippen LogP contribution in [-0.2, 0) is 44.9 Å². The fourth-order valence-corrected chi connectivity index (χ4v) is 7.29. The highest BCUT2D eigenvalue weighted by Gasteiger charge is 2.30. The summed E-state index contributed by atoms with van der Waals surface area (Å²) < 4.78 is 0. The Balaban J connectivity index is 1.26. The van der Waals surface area contributed by atoms with Gasteiger partial charge in [-0.15, -0.1) is 0 Å². The Labute approximate surface area is 289 Å². The predicted octanol–water partition coefficient (Wildman–Crippen LogP) is 11.4. The van der Waals surface area contributed by atoms with Gasteiger partial charge in [0.2, 0.25) is 0 Å². The highest BCUT2D eigenvalue weighted by atomic mass is 14.3. The zero-order valence-corrected chi connectivity index (χ0v) is 28.2. The first-order chi connectivity index (χ1) is 23.8. The summed E-state index contributed by atoms with van der Waals surface area (Å²) in [6, 6.07) is 64.9. The van der Waals surface area contributed by atoms with Gasteiger partial charge < -0.3 is 0 Å². The van der Waals surface area contributed by atoms with Crippen molar-refractivity contribution in [1.29, 1.82) is 0 Å². The Morgan fingerprint density at radius 2 is 0.708 bits per heavy atom. The van der Waals surface area contributed by atoms with E-state index in [0.29, 0.717) is 17.8 Å². The molecule has 0 spiro atoms. The van der Waals surface area contributed by atoms with Crippen LogP contribution in [0, 0.1) is 24.2 Å². The van der Waals surface area contributed by atoms with Gasteiger partial charge in [-0.3, -0.25) is 0 Å². The topological polar surface area (TPSA) is 0 Å². The van der Waals surface area contributed by atoms with Gasteiger partial charge in [-0.2, -0.15) is 0 Å². The third-order valence-corrected chi connectivity index (χ3v) is 10.00. The lowest BCUT2D eigenvalue weighted by Gasteiger charge is -2.35. The van der Waals surface area contributed by atoms with Crippen molar-refractivity contribution in [3.63, 3.8) is 0 Å². The van der Waals surface area contributed by atoms with Crippen LogP contribution in [0.3, 0.4) is 0 Å². The lowest BCUT2D eigenvalue weighted by atomic mass is 9.69. The van der Waals surface area contributed by atoms with E-state index in [1.807, 2.05) is 0 Å². The molecule has 3 unspecified atom stereocenters. The van der Waals surface area contributed by atoms with Crippen molar-refractivity contribution in [2.45, 2.75) is 51.4 Å². The lowest BCUT2D eigenvalue weighted by Crippen LogP contribution is -2.30. The second-order valence-electron chi connectivity index (χ2n) is 13.4.